The largest absolute Gasteiger partial charge is 0.320 e. The molecule has 82 valence electrons. The summed E-state index contributed by atoms with van der Waals surface area (Å²) in [4.78, 5) is 16.6. The monoisotopic (exact) mass is 200 g/mol. The van der Waals surface area contributed by atoms with Crippen molar-refractivity contribution in [2.45, 2.75) is 51.7 Å². The van der Waals surface area contributed by atoms with Gasteiger partial charge in [-0.3, -0.25) is 9.63 Å². The van der Waals surface area contributed by atoms with Gasteiger partial charge in [0.15, 0.2) is 0 Å². The highest BCUT2D eigenvalue weighted by Gasteiger charge is 2.20. The van der Waals surface area contributed by atoms with Crippen molar-refractivity contribution in [3.05, 3.63) is 0 Å². The lowest BCUT2D eigenvalue weighted by molar-refractivity contribution is -0.140. The molecule has 0 aromatic rings. The fourth-order valence-electron chi connectivity index (χ4n) is 1.52. The molecular formula is C10H20N2O2. The molecule has 4 heteroatoms. The van der Waals surface area contributed by atoms with Crippen molar-refractivity contribution >= 4 is 5.91 Å². The van der Waals surface area contributed by atoms with Crippen LogP contribution in [0.5, 0.6) is 0 Å². The van der Waals surface area contributed by atoms with Gasteiger partial charge in [0.1, 0.15) is 0 Å². The lowest BCUT2D eigenvalue weighted by Gasteiger charge is -2.17. The third-order valence-corrected chi connectivity index (χ3v) is 2.65. The molecule has 0 aromatic heterocycles. The van der Waals surface area contributed by atoms with Gasteiger partial charge in [0.2, 0.25) is 0 Å². The third-order valence-electron chi connectivity index (χ3n) is 2.65. The maximum atomic E-state index is 11.4. The zero-order valence-electron chi connectivity index (χ0n) is 8.95. The van der Waals surface area contributed by atoms with Crippen molar-refractivity contribution in [2.75, 3.05) is 0 Å². The molecule has 1 rings (SSSR count). The highest BCUT2D eigenvalue weighted by molar-refractivity contribution is 5.80. The van der Waals surface area contributed by atoms with Gasteiger partial charge in [-0.05, 0) is 18.8 Å². The average Bonchev–Trinajstić information content (AvgIpc) is 2.65. The third kappa shape index (κ3) is 3.27. The second-order valence-electron chi connectivity index (χ2n) is 4.26. The van der Waals surface area contributed by atoms with Crippen LogP contribution in [0.3, 0.4) is 0 Å². The summed E-state index contributed by atoms with van der Waals surface area (Å²) in [5.41, 5.74) is 8.09. The van der Waals surface area contributed by atoms with Crippen LogP contribution in [-0.4, -0.2) is 18.1 Å². The molecule has 0 aromatic carbocycles. The molecule has 0 saturated heterocycles. The Morgan fingerprint density at radius 1 is 1.43 bits per heavy atom. The summed E-state index contributed by atoms with van der Waals surface area (Å²) in [6, 6.07) is -0.476. The van der Waals surface area contributed by atoms with Crippen LogP contribution in [0.15, 0.2) is 0 Å². The van der Waals surface area contributed by atoms with Gasteiger partial charge in [-0.2, -0.15) is 0 Å². The number of nitrogens with two attached hydrogens (primary N) is 1. The normalized spacial score (nSPS) is 20.0. The van der Waals surface area contributed by atoms with Crippen LogP contribution in [-0.2, 0) is 9.63 Å². The number of amides is 1. The molecule has 0 radical (unpaired) electrons. The molecule has 1 aliphatic rings. The summed E-state index contributed by atoms with van der Waals surface area (Å²) >= 11 is 0. The number of hydroxylamine groups is 1. The van der Waals surface area contributed by atoms with E-state index in [0.717, 1.165) is 12.8 Å². The van der Waals surface area contributed by atoms with Crippen LogP contribution in [0.1, 0.15) is 39.5 Å². The summed E-state index contributed by atoms with van der Waals surface area (Å²) in [7, 11) is 0. The van der Waals surface area contributed by atoms with Gasteiger partial charge in [0.25, 0.3) is 5.91 Å². The second-order valence-corrected chi connectivity index (χ2v) is 4.26. The van der Waals surface area contributed by atoms with E-state index in [9.17, 15) is 4.79 Å². The Hall–Kier alpha value is -0.610. The quantitative estimate of drug-likeness (QED) is 0.664. The minimum Gasteiger partial charge on any atom is -0.320 e. The van der Waals surface area contributed by atoms with E-state index in [0.29, 0.717) is 0 Å². The average molecular weight is 200 g/mol. The standard InChI is InChI=1S/C10H20N2O2/c1-7(2)9(11)10(13)12-14-8-5-3-4-6-8/h7-9H,3-6,11H2,1-2H3,(H,12,13)/t9-/m0/s1. The van der Waals surface area contributed by atoms with Crippen molar-refractivity contribution in [1.82, 2.24) is 5.48 Å². The molecular weight excluding hydrogens is 180 g/mol. The van der Waals surface area contributed by atoms with Crippen LogP contribution in [0, 0.1) is 5.92 Å². The zero-order valence-corrected chi connectivity index (χ0v) is 8.95. The molecule has 3 N–H and O–H groups in total. The van der Waals surface area contributed by atoms with Crippen molar-refractivity contribution < 1.29 is 9.63 Å². The maximum Gasteiger partial charge on any atom is 0.260 e. The number of carbonyl (C=O) groups excluding carboxylic acids is 1. The topological polar surface area (TPSA) is 64.4 Å². The van der Waals surface area contributed by atoms with Crippen LogP contribution >= 0.6 is 0 Å². The smallest absolute Gasteiger partial charge is 0.260 e. The van der Waals surface area contributed by atoms with Crippen LogP contribution < -0.4 is 11.2 Å². The van der Waals surface area contributed by atoms with E-state index in [4.69, 9.17) is 10.6 Å². The number of hydrogen-bond acceptors (Lipinski definition) is 3. The Morgan fingerprint density at radius 3 is 2.50 bits per heavy atom. The summed E-state index contributed by atoms with van der Waals surface area (Å²) in [6.07, 6.45) is 4.65. The SMILES string of the molecule is CC(C)[C@H](N)C(=O)NOC1CCCC1. The Bertz CT molecular complexity index is 189. The Kier molecular flexibility index (Phi) is 4.35. The molecule has 4 nitrogen and oxygen atoms in total. The predicted molar refractivity (Wildman–Crippen MR) is 54.3 cm³/mol. The number of hydrogen-bond donors (Lipinski definition) is 2. The molecule has 0 bridgehead atoms. The minimum absolute atomic E-state index is 0.141. The van der Waals surface area contributed by atoms with Gasteiger partial charge in [-0.15, -0.1) is 0 Å². The maximum absolute atomic E-state index is 11.4. The van der Waals surface area contributed by atoms with E-state index in [1.807, 2.05) is 13.8 Å². The van der Waals surface area contributed by atoms with Crippen molar-refractivity contribution in [3.63, 3.8) is 0 Å². The molecule has 1 saturated carbocycles. The first kappa shape index (κ1) is 11.5. The molecule has 1 aliphatic carbocycles. The summed E-state index contributed by atoms with van der Waals surface area (Å²) in [5, 5.41) is 0. The predicted octanol–water partition coefficient (Wildman–Crippen LogP) is 0.960. The van der Waals surface area contributed by atoms with Crippen molar-refractivity contribution in [1.29, 1.82) is 0 Å². The molecule has 0 unspecified atom stereocenters. The van der Waals surface area contributed by atoms with E-state index in [-0.39, 0.29) is 17.9 Å². The lowest BCUT2D eigenvalue weighted by atomic mass is 10.1. The fraction of sp³-hybridized carbons (Fsp3) is 0.900. The van der Waals surface area contributed by atoms with Crippen molar-refractivity contribution in [2.24, 2.45) is 11.7 Å². The Morgan fingerprint density at radius 2 is 2.00 bits per heavy atom. The molecule has 1 atom stereocenters. The molecule has 0 spiro atoms. The van der Waals surface area contributed by atoms with Gasteiger partial charge >= 0.3 is 0 Å². The molecule has 1 fully saturated rings. The van der Waals surface area contributed by atoms with Gasteiger partial charge in [0.05, 0.1) is 12.1 Å². The van der Waals surface area contributed by atoms with Crippen LogP contribution in [0.25, 0.3) is 0 Å². The fourth-order valence-corrected chi connectivity index (χ4v) is 1.52. The van der Waals surface area contributed by atoms with Crippen LogP contribution in [0.4, 0.5) is 0 Å². The van der Waals surface area contributed by atoms with E-state index >= 15 is 0 Å². The van der Waals surface area contributed by atoms with Crippen LogP contribution in [0.2, 0.25) is 0 Å². The van der Waals surface area contributed by atoms with Gasteiger partial charge < -0.3 is 5.73 Å². The summed E-state index contributed by atoms with van der Waals surface area (Å²) in [6.45, 7) is 3.83. The number of carbonyl (C=O) groups is 1. The summed E-state index contributed by atoms with van der Waals surface area (Å²) < 4.78 is 0. The minimum atomic E-state index is -0.476. The first-order valence-corrected chi connectivity index (χ1v) is 5.32. The highest BCUT2D eigenvalue weighted by atomic mass is 16.7. The first-order chi connectivity index (χ1) is 6.61. The van der Waals surface area contributed by atoms with E-state index in [2.05, 4.69) is 5.48 Å². The Balaban J connectivity index is 2.19. The number of nitrogens with one attached hydrogen (secondary N) is 1. The molecule has 14 heavy (non-hydrogen) atoms. The number of rotatable bonds is 4. The van der Waals surface area contributed by atoms with Gasteiger partial charge in [-0.1, -0.05) is 26.7 Å². The zero-order chi connectivity index (χ0) is 10.6. The van der Waals surface area contributed by atoms with E-state index in [1.54, 1.807) is 0 Å². The highest BCUT2D eigenvalue weighted by Crippen LogP contribution is 2.19. The first-order valence-electron chi connectivity index (χ1n) is 5.32. The van der Waals surface area contributed by atoms with Crippen molar-refractivity contribution in [3.8, 4) is 0 Å². The van der Waals surface area contributed by atoms with Gasteiger partial charge in [-0.25, -0.2) is 5.48 Å². The van der Waals surface area contributed by atoms with E-state index in [1.165, 1.54) is 12.8 Å². The summed E-state index contributed by atoms with van der Waals surface area (Å²) in [5.74, 6) is -0.0749. The second kappa shape index (κ2) is 5.32. The Labute approximate surface area is 85.1 Å². The lowest BCUT2D eigenvalue weighted by Crippen LogP contribution is -2.44. The molecule has 1 amide bonds. The van der Waals surface area contributed by atoms with E-state index < -0.39 is 6.04 Å². The van der Waals surface area contributed by atoms with Gasteiger partial charge in [0, 0.05) is 0 Å². The molecule has 0 heterocycles. The molecule has 0 aliphatic heterocycles.